The van der Waals surface area contributed by atoms with Crippen molar-refractivity contribution in [3.63, 3.8) is 0 Å². The highest BCUT2D eigenvalue weighted by molar-refractivity contribution is 7.98. The maximum absolute atomic E-state index is 3.38. The van der Waals surface area contributed by atoms with Crippen molar-refractivity contribution in [3.8, 4) is 0 Å². The van der Waals surface area contributed by atoms with Gasteiger partial charge in [-0.25, -0.2) is 0 Å². The van der Waals surface area contributed by atoms with Crippen LogP contribution < -0.4 is 0 Å². The van der Waals surface area contributed by atoms with E-state index < -0.39 is 0 Å². The Morgan fingerprint density at radius 3 is 2.69 bits per heavy atom. The Hall–Kier alpha value is -0.890. The molecule has 0 bridgehead atoms. The summed E-state index contributed by atoms with van der Waals surface area (Å²) < 4.78 is 0. The van der Waals surface area contributed by atoms with Gasteiger partial charge in [0.1, 0.15) is 0 Å². The second-order valence-corrected chi connectivity index (χ2v) is 4.15. The number of rotatable bonds is 1. The van der Waals surface area contributed by atoms with E-state index in [9.17, 15) is 0 Å². The fraction of sp³-hybridized carbons (Fsp3) is 0.273. The van der Waals surface area contributed by atoms with Gasteiger partial charge < -0.3 is 4.98 Å². The molecule has 0 aliphatic carbocycles. The van der Waals surface area contributed by atoms with E-state index in [1.165, 1.54) is 27.1 Å². The van der Waals surface area contributed by atoms with E-state index in [4.69, 9.17) is 0 Å². The lowest BCUT2D eigenvalue weighted by Gasteiger charge is -1.95. The molecule has 0 radical (unpaired) electrons. The van der Waals surface area contributed by atoms with Crippen LogP contribution in [0.1, 0.15) is 11.3 Å². The molecule has 1 heterocycles. The smallest absolute Gasteiger partial charge is 0.0467 e. The van der Waals surface area contributed by atoms with Gasteiger partial charge in [-0.1, -0.05) is 11.6 Å². The van der Waals surface area contributed by atoms with Crippen molar-refractivity contribution in [2.24, 2.45) is 0 Å². The van der Waals surface area contributed by atoms with Gasteiger partial charge in [-0.15, -0.1) is 11.8 Å². The number of aromatic nitrogens is 1. The summed E-state index contributed by atoms with van der Waals surface area (Å²) in [5, 5.41) is 1.35. The minimum Gasteiger partial charge on any atom is -0.358 e. The van der Waals surface area contributed by atoms with Crippen molar-refractivity contribution in [2.75, 3.05) is 6.26 Å². The predicted octanol–water partition coefficient (Wildman–Crippen LogP) is 3.51. The molecule has 1 nitrogen and oxygen atoms in total. The normalized spacial score (nSPS) is 11.0. The molecule has 0 aliphatic rings. The van der Waals surface area contributed by atoms with Gasteiger partial charge in [-0.3, -0.25) is 0 Å². The summed E-state index contributed by atoms with van der Waals surface area (Å²) in [4.78, 5) is 4.76. The first kappa shape index (κ1) is 8.70. The third-order valence-corrected chi connectivity index (χ3v) is 3.22. The number of H-pyrrole nitrogens is 1. The second kappa shape index (κ2) is 3.11. The van der Waals surface area contributed by atoms with Crippen LogP contribution in [0.25, 0.3) is 10.9 Å². The van der Waals surface area contributed by atoms with Gasteiger partial charge in [-0.2, -0.15) is 0 Å². The zero-order chi connectivity index (χ0) is 9.42. The van der Waals surface area contributed by atoms with Crippen molar-refractivity contribution in [1.82, 2.24) is 4.98 Å². The fourth-order valence-electron chi connectivity index (χ4n) is 1.68. The molecule has 0 spiro atoms. The van der Waals surface area contributed by atoms with Gasteiger partial charge in [0.15, 0.2) is 0 Å². The van der Waals surface area contributed by atoms with Gasteiger partial charge >= 0.3 is 0 Å². The van der Waals surface area contributed by atoms with Gasteiger partial charge in [0.05, 0.1) is 0 Å². The molecule has 0 unspecified atom stereocenters. The van der Waals surface area contributed by atoms with Crippen LogP contribution in [0.15, 0.2) is 23.1 Å². The summed E-state index contributed by atoms with van der Waals surface area (Å²) in [6.45, 7) is 4.26. The van der Waals surface area contributed by atoms with Gasteiger partial charge in [0.2, 0.25) is 0 Å². The Bertz CT molecular complexity index is 443. The summed E-state index contributed by atoms with van der Waals surface area (Å²) >= 11 is 1.81. The lowest BCUT2D eigenvalue weighted by atomic mass is 10.2. The van der Waals surface area contributed by atoms with E-state index >= 15 is 0 Å². The standard InChI is InChI=1S/C11H13NS/c1-7-4-5-10-9(6-7)11(13-3)8(2)12-10/h4-6,12H,1-3H3. The Morgan fingerprint density at radius 2 is 2.00 bits per heavy atom. The number of benzene rings is 1. The minimum atomic E-state index is 1.24. The van der Waals surface area contributed by atoms with Gasteiger partial charge in [0, 0.05) is 21.5 Å². The van der Waals surface area contributed by atoms with Crippen LogP contribution >= 0.6 is 11.8 Å². The average Bonchev–Trinajstić information content (AvgIpc) is 2.40. The molecule has 0 saturated heterocycles. The van der Waals surface area contributed by atoms with Crippen LogP contribution in [-0.2, 0) is 0 Å². The first-order valence-electron chi connectivity index (χ1n) is 4.35. The molecule has 0 fully saturated rings. The second-order valence-electron chi connectivity index (χ2n) is 3.33. The molecule has 0 amide bonds. The molecule has 1 aromatic carbocycles. The number of hydrogen-bond donors (Lipinski definition) is 1. The molecular formula is C11H13NS. The summed E-state index contributed by atoms with van der Waals surface area (Å²) in [7, 11) is 0. The highest BCUT2D eigenvalue weighted by Gasteiger charge is 2.06. The molecule has 0 aliphatic heterocycles. The van der Waals surface area contributed by atoms with Crippen LogP contribution in [0.5, 0.6) is 0 Å². The fourth-order valence-corrected chi connectivity index (χ4v) is 2.42. The van der Waals surface area contributed by atoms with E-state index in [2.05, 4.69) is 43.3 Å². The van der Waals surface area contributed by atoms with E-state index in [0.717, 1.165) is 0 Å². The number of nitrogens with one attached hydrogen (secondary N) is 1. The maximum Gasteiger partial charge on any atom is 0.0467 e. The predicted molar refractivity (Wildman–Crippen MR) is 59.6 cm³/mol. The SMILES string of the molecule is CSc1c(C)[nH]c2ccc(C)cc12. The summed E-state index contributed by atoms with van der Waals surface area (Å²) in [6.07, 6.45) is 2.12. The highest BCUT2D eigenvalue weighted by atomic mass is 32.2. The number of thioether (sulfide) groups is 1. The maximum atomic E-state index is 3.38. The number of aryl methyl sites for hydroxylation is 2. The molecule has 68 valence electrons. The molecule has 1 aromatic heterocycles. The average molecular weight is 191 g/mol. The Balaban J connectivity index is 2.80. The molecule has 0 atom stereocenters. The van der Waals surface area contributed by atoms with Gasteiger partial charge in [0.25, 0.3) is 0 Å². The van der Waals surface area contributed by atoms with Gasteiger partial charge in [-0.05, 0) is 32.2 Å². The van der Waals surface area contributed by atoms with Crippen LogP contribution in [0, 0.1) is 13.8 Å². The van der Waals surface area contributed by atoms with E-state index in [-0.39, 0.29) is 0 Å². The van der Waals surface area contributed by atoms with Crippen molar-refractivity contribution < 1.29 is 0 Å². The molecule has 1 N–H and O–H groups in total. The molecule has 2 heteroatoms. The molecule has 2 rings (SSSR count). The quantitative estimate of drug-likeness (QED) is 0.682. The molecule has 2 aromatic rings. The van der Waals surface area contributed by atoms with Crippen LogP contribution in [0.3, 0.4) is 0 Å². The number of fused-ring (bicyclic) bond motifs is 1. The monoisotopic (exact) mass is 191 g/mol. The molecular weight excluding hydrogens is 178 g/mol. The Morgan fingerprint density at radius 1 is 1.23 bits per heavy atom. The first-order chi connectivity index (χ1) is 6.22. The molecule has 13 heavy (non-hydrogen) atoms. The zero-order valence-electron chi connectivity index (χ0n) is 8.14. The van der Waals surface area contributed by atoms with Crippen molar-refractivity contribution in [2.45, 2.75) is 18.7 Å². The third-order valence-electron chi connectivity index (χ3n) is 2.29. The number of hydrogen-bond acceptors (Lipinski definition) is 1. The number of aromatic amines is 1. The van der Waals surface area contributed by atoms with Crippen molar-refractivity contribution in [1.29, 1.82) is 0 Å². The van der Waals surface area contributed by atoms with Crippen molar-refractivity contribution in [3.05, 3.63) is 29.5 Å². The lowest BCUT2D eigenvalue weighted by molar-refractivity contribution is 1.23. The van der Waals surface area contributed by atoms with Crippen LogP contribution in [0.4, 0.5) is 0 Å². The van der Waals surface area contributed by atoms with E-state index in [1.54, 1.807) is 0 Å². The third kappa shape index (κ3) is 1.35. The molecule has 0 saturated carbocycles. The first-order valence-corrected chi connectivity index (χ1v) is 5.58. The van der Waals surface area contributed by atoms with Crippen molar-refractivity contribution >= 4 is 22.7 Å². The summed E-state index contributed by atoms with van der Waals surface area (Å²) in [5.74, 6) is 0. The van der Waals surface area contributed by atoms with Crippen LogP contribution in [0.2, 0.25) is 0 Å². The summed E-state index contributed by atoms with van der Waals surface area (Å²) in [5.41, 5.74) is 3.84. The summed E-state index contributed by atoms with van der Waals surface area (Å²) in [6, 6.07) is 6.53. The van der Waals surface area contributed by atoms with E-state index in [1.807, 2.05) is 11.8 Å². The lowest BCUT2D eigenvalue weighted by Crippen LogP contribution is -1.72. The zero-order valence-corrected chi connectivity index (χ0v) is 8.96. The van der Waals surface area contributed by atoms with E-state index in [0.29, 0.717) is 0 Å². The Labute approximate surface area is 82.5 Å². The van der Waals surface area contributed by atoms with Crippen LogP contribution in [-0.4, -0.2) is 11.2 Å². The Kier molecular flexibility index (Phi) is 2.08. The topological polar surface area (TPSA) is 15.8 Å². The minimum absolute atomic E-state index is 1.24. The highest BCUT2D eigenvalue weighted by Crippen LogP contribution is 2.30. The largest absolute Gasteiger partial charge is 0.358 e.